The van der Waals surface area contributed by atoms with Crippen LogP contribution in [0.25, 0.3) is 44.4 Å². The second-order valence-corrected chi connectivity index (χ2v) is 14.6. The van der Waals surface area contributed by atoms with E-state index in [9.17, 15) is 0 Å². The van der Waals surface area contributed by atoms with Crippen molar-refractivity contribution in [2.24, 2.45) is 5.92 Å². The quantitative estimate of drug-likeness (QED) is 0.130. The van der Waals surface area contributed by atoms with E-state index in [2.05, 4.69) is 138 Å². The van der Waals surface area contributed by atoms with Gasteiger partial charge >= 0.3 is 0 Å². The van der Waals surface area contributed by atoms with Crippen LogP contribution in [0.1, 0.15) is 80.3 Å². The van der Waals surface area contributed by atoms with Gasteiger partial charge in [-0.1, -0.05) is 64.8 Å². The zero-order valence-corrected chi connectivity index (χ0v) is 31.3. The predicted molar refractivity (Wildman–Crippen MR) is 213 cm³/mol. The van der Waals surface area contributed by atoms with E-state index in [1.807, 2.05) is 16.9 Å². The molecule has 0 aliphatic rings. The summed E-state index contributed by atoms with van der Waals surface area (Å²) in [6.45, 7) is 15.7. The summed E-state index contributed by atoms with van der Waals surface area (Å²) >= 11 is 0. The number of aryl methyl sites for hydroxylation is 4. The number of ether oxygens (including phenoxy) is 1. The van der Waals surface area contributed by atoms with E-state index in [1.165, 1.54) is 55.3 Å². The fraction of sp³-hybridized carbons (Fsp3) is 0.304. The number of fused-ring (bicyclic) bond motifs is 3. The lowest BCUT2D eigenvalue weighted by atomic mass is 9.86. The lowest BCUT2D eigenvalue weighted by Crippen LogP contribution is -2.02. The number of hydrogen-bond acceptors (Lipinski definition) is 3. The summed E-state index contributed by atoms with van der Waals surface area (Å²) < 4.78 is 11.0. The van der Waals surface area contributed by atoms with Crippen LogP contribution in [0, 0.1) is 26.7 Å². The second kappa shape index (κ2) is 14.6. The third kappa shape index (κ3) is 6.95. The average molecular weight is 675 g/mol. The molecule has 5 heteroatoms. The van der Waals surface area contributed by atoms with Crippen molar-refractivity contribution < 1.29 is 4.74 Å². The number of benzene rings is 4. The zero-order chi connectivity index (χ0) is 35.6. The smallest absolute Gasteiger partial charge is 0.137 e. The summed E-state index contributed by atoms with van der Waals surface area (Å²) in [7, 11) is 0. The van der Waals surface area contributed by atoms with Crippen LogP contribution < -0.4 is 4.74 Å². The molecule has 0 atom stereocenters. The summed E-state index contributed by atoms with van der Waals surface area (Å²) in [5.41, 5.74) is 13.8. The Balaban J connectivity index is 1.31. The van der Waals surface area contributed by atoms with Crippen LogP contribution in [0.2, 0.25) is 0 Å². The molecule has 260 valence electrons. The Morgan fingerprint density at radius 2 is 1.47 bits per heavy atom. The molecule has 51 heavy (non-hydrogen) atoms. The Morgan fingerprint density at radius 3 is 2.20 bits per heavy atom. The molecule has 0 bridgehead atoms. The van der Waals surface area contributed by atoms with Crippen molar-refractivity contribution in [2.45, 2.75) is 87.0 Å². The molecule has 0 fully saturated rings. The minimum absolute atomic E-state index is 0.604. The van der Waals surface area contributed by atoms with Gasteiger partial charge in [-0.15, -0.1) is 0 Å². The van der Waals surface area contributed by atoms with Crippen LogP contribution in [0.15, 0.2) is 97.5 Å². The van der Waals surface area contributed by atoms with Crippen molar-refractivity contribution in [1.82, 2.24) is 19.3 Å². The Labute approximate surface area is 302 Å². The van der Waals surface area contributed by atoms with E-state index in [0.717, 1.165) is 72.6 Å². The molecular weight excluding hydrogens is 625 g/mol. The monoisotopic (exact) mass is 674 g/mol. The summed E-state index contributed by atoms with van der Waals surface area (Å²) in [6.07, 6.45) is 12.6. The normalized spacial score (nSPS) is 11.7. The molecule has 3 aromatic heterocycles. The molecule has 0 aliphatic heterocycles. The van der Waals surface area contributed by atoms with Crippen molar-refractivity contribution in [1.29, 1.82) is 0 Å². The molecule has 0 saturated carbocycles. The highest BCUT2D eigenvalue weighted by Gasteiger charge is 2.19. The first-order valence-electron chi connectivity index (χ1n) is 18.7. The standard InChI is InChI=1S/C46H50N4O/c1-8-12-39-32(6)23-33(7)40(13-9-2)46(39)35-28-48-49(29-35)36-24-34(17-16-30(3)4)25-38(26-36)51-37-18-19-42-41-14-10-11-15-43(41)50(44(42)27-37)45-22-31(5)20-21-47-45/h10-11,14-15,18-30H,8-9,12-13,16-17H2,1-7H3. The van der Waals surface area contributed by atoms with Crippen LogP contribution in [-0.2, 0) is 19.3 Å². The lowest BCUT2D eigenvalue weighted by molar-refractivity contribution is 0.481. The molecule has 0 radical (unpaired) electrons. The molecule has 7 rings (SSSR count). The first-order valence-corrected chi connectivity index (χ1v) is 18.7. The van der Waals surface area contributed by atoms with Crippen molar-refractivity contribution in [3.63, 3.8) is 0 Å². The Bertz CT molecular complexity index is 2310. The van der Waals surface area contributed by atoms with Gasteiger partial charge in [0.1, 0.15) is 17.3 Å². The maximum Gasteiger partial charge on any atom is 0.137 e. The Kier molecular flexibility index (Phi) is 9.82. The van der Waals surface area contributed by atoms with Gasteiger partial charge in [0.25, 0.3) is 0 Å². The highest BCUT2D eigenvalue weighted by molar-refractivity contribution is 6.09. The van der Waals surface area contributed by atoms with E-state index >= 15 is 0 Å². The van der Waals surface area contributed by atoms with E-state index in [4.69, 9.17) is 14.8 Å². The predicted octanol–water partition coefficient (Wildman–Crippen LogP) is 12.2. The Morgan fingerprint density at radius 1 is 0.725 bits per heavy atom. The van der Waals surface area contributed by atoms with Gasteiger partial charge < -0.3 is 4.74 Å². The summed E-state index contributed by atoms with van der Waals surface area (Å²) in [4.78, 5) is 4.76. The SMILES string of the molecule is CCCc1c(C)cc(C)c(CCC)c1-c1cnn(-c2cc(CCC(C)C)cc(Oc3ccc4c5ccccc5n(-c5cc(C)ccn5)c4c3)c2)c1. The van der Waals surface area contributed by atoms with Gasteiger partial charge in [-0.2, -0.15) is 5.10 Å². The van der Waals surface area contributed by atoms with Crippen LogP contribution >= 0.6 is 0 Å². The average Bonchev–Trinajstić information content (AvgIpc) is 3.73. The van der Waals surface area contributed by atoms with Crippen molar-refractivity contribution in [3.05, 3.63) is 131 Å². The van der Waals surface area contributed by atoms with E-state index in [0.29, 0.717) is 5.92 Å². The van der Waals surface area contributed by atoms with Gasteiger partial charge in [0.05, 0.1) is 22.9 Å². The van der Waals surface area contributed by atoms with Crippen LogP contribution in [0.4, 0.5) is 0 Å². The molecular formula is C46H50N4O. The Hall–Kier alpha value is -5.16. The molecule has 0 saturated heterocycles. The first-order chi connectivity index (χ1) is 24.7. The molecule has 0 unspecified atom stereocenters. The molecule has 0 aliphatic carbocycles. The lowest BCUT2D eigenvalue weighted by Gasteiger charge is -2.19. The highest BCUT2D eigenvalue weighted by Crippen LogP contribution is 2.37. The van der Waals surface area contributed by atoms with E-state index < -0.39 is 0 Å². The van der Waals surface area contributed by atoms with Crippen LogP contribution in [-0.4, -0.2) is 19.3 Å². The number of rotatable bonds is 12. The summed E-state index contributed by atoms with van der Waals surface area (Å²) in [5, 5.41) is 7.35. The zero-order valence-electron chi connectivity index (χ0n) is 31.3. The van der Waals surface area contributed by atoms with Crippen molar-refractivity contribution in [3.8, 4) is 34.1 Å². The van der Waals surface area contributed by atoms with E-state index in [1.54, 1.807) is 0 Å². The van der Waals surface area contributed by atoms with E-state index in [-0.39, 0.29) is 0 Å². The van der Waals surface area contributed by atoms with Gasteiger partial charge in [-0.25, -0.2) is 9.67 Å². The third-order valence-corrected chi connectivity index (χ3v) is 10.1. The minimum atomic E-state index is 0.604. The third-order valence-electron chi connectivity index (χ3n) is 10.1. The van der Waals surface area contributed by atoms with Crippen molar-refractivity contribution >= 4 is 21.8 Å². The number of pyridine rings is 1. The van der Waals surface area contributed by atoms with Gasteiger partial charge in [-0.3, -0.25) is 4.57 Å². The fourth-order valence-corrected chi connectivity index (χ4v) is 7.63. The maximum atomic E-state index is 6.76. The molecule has 0 spiro atoms. The number of hydrogen-bond donors (Lipinski definition) is 0. The molecule has 0 amide bonds. The molecule has 5 nitrogen and oxygen atoms in total. The van der Waals surface area contributed by atoms with Crippen LogP contribution in [0.3, 0.4) is 0 Å². The summed E-state index contributed by atoms with van der Waals surface area (Å²) in [6, 6.07) is 28.1. The fourth-order valence-electron chi connectivity index (χ4n) is 7.63. The second-order valence-electron chi connectivity index (χ2n) is 14.6. The van der Waals surface area contributed by atoms with Crippen LogP contribution in [0.5, 0.6) is 11.5 Å². The highest BCUT2D eigenvalue weighted by atomic mass is 16.5. The van der Waals surface area contributed by atoms with Gasteiger partial charge in [0.15, 0.2) is 0 Å². The van der Waals surface area contributed by atoms with Gasteiger partial charge in [0, 0.05) is 40.9 Å². The minimum Gasteiger partial charge on any atom is -0.457 e. The number of aromatic nitrogens is 4. The maximum absolute atomic E-state index is 6.76. The summed E-state index contributed by atoms with van der Waals surface area (Å²) in [5.74, 6) is 3.10. The largest absolute Gasteiger partial charge is 0.457 e. The molecule has 7 aromatic rings. The molecule has 3 heterocycles. The molecule has 4 aromatic carbocycles. The first kappa shape index (κ1) is 34.3. The van der Waals surface area contributed by atoms with Gasteiger partial charge in [-0.05, 0) is 134 Å². The van der Waals surface area contributed by atoms with Crippen molar-refractivity contribution in [2.75, 3.05) is 0 Å². The molecule has 0 N–H and O–H groups in total. The number of nitrogens with zero attached hydrogens (tertiary/aromatic N) is 4. The number of para-hydroxylation sites is 1. The van der Waals surface area contributed by atoms with Gasteiger partial charge in [0.2, 0.25) is 0 Å². The topological polar surface area (TPSA) is 44.9 Å².